The molecule has 0 radical (unpaired) electrons. The van der Waals surface area contributed by atoms with Crippen LogP contribution in [0.15, 0.2) is 47.3 Å². The Kier molecular flexibility index (Phi) is 4.64. The van der Waals surface area contributed by atoms with Gasteiger partial charge < -0.3 is 10.2 Å². The number of benzene rings is 2. The number of nitrogens with zero attached hydrogens (tertiary/aromatic N) is 3. The Morgan fingerprint density at radius 1 is 0.963 bits per heavy atom. The Bertz CT molecular complexity index is 997. The number of nitrogens with one attached hydrogen (secondary N) is 1. The van der Waals surface area contributed by atoms with E-state index in [2.05, 4.69) is 34.5 Å². The van der Waals surface area contributed by atoms with Gasteiger partial charge in [-0.2, -0.15) is 0 Å². The van der Waals surface area contributed by atoms with Crippen LogP contribution in [0.25, 0.3) is 11.0 Å². The van der Waals surface area contributed by atoms with Gasteiger partial charge in [0.05, 0.1) is 17.7 Å². The summed E-state index contributed by atoms with van der Waals surface area (Å²) < 4.78 is 16.1. The number of rotatable bonds is 4. The second kappa shape index (κ2) is 7.10. The zero-order chi connectivity index (χ0) is 19.0. The van der Waals surface area contributed by atoms with E-state index >= 15 is 0 Å². The maximum absolute atomic E-state index is 12.8. The molecule has 1 N–H and O–H groups in total. The van der Waals surface area contributed by atoms with Crippen LogP contribution in [0, 0.1) is 5.92 Å². The van der Waals surface area contributed by atoms with E-state index in [1.807, 2.05) is 18.2 Å². The summed E-state index contributed by atoms with van der Waals surface area (Å²) in [5, 5.41) is 3.41. The fourth-order valence-electron chi connectivity index (χ4n) is 3.85. The molecule has 0 atom stereocenters. The monoisotopic (exact) mass is 368 g/mol. The number of aromatic nitrogens is 2. The average molecular weight is 368 g/mol. The number of halogens is 1. The van der Waals surface area contributed by atoms with Crippen LogP contribution in [-0.4, -0.2) is 28.9 Å². The third kappa shape index (κ3) is 3.31. The molecular formula is C21H25FN4O. The lowest BCUT2D eigenvalue weighted by Gasteiger charge is -2.32. The lowest BCUT2D eigenvalue weighted by Crippen LogP contribution is -2.34. The van der Waals surface area contributed by atoms with Gasteiger partial charge in [0.25, 0.3) is 0 Å². The van der Waals surface area contributed by atoms with Crippen LogP contribution in [0.5, 0.6) is 0 Å². The van der Waals surface area contributed by atoms with Gasteiger partial charge in [-0.1, -0.05) is 0 Å². The van der Waals surface area contributed by atoms with Gasteiger partial charge in [-0.15, -0.1) is 0 Å². The van der Waals surface area contributed by atoms with Crippen molar-refractivity contribution in [3.8, 4) is 0 Å². The minimum absolute atomic E-state index is 0.0250. The van der Waals surface area contributed by atoms with E-state index in [0.29, 0.717) is 0 Å². The molecule has 1 saturated heterocycles. The van der Waals surface area contributed by atoms with Gasteiger partial charge in [0.1, 0.15) is 0 Å². The molecule has 2 heterocycles. The Morgan fingerprint density at radius 2 is 1.59 bits per heavy atom. The summed E-state index contributed by atoms with van der Waals surface area (Å²) in [6.45, 7) is 1.63. The first-order valence-corrected chi connectivity index (χ1v) is 9.40. The predicted molar refractivity (Wildman–Crippen MR) is 109 cm³/mol. The van der Waals surface area contributed by atoms with Crippen LogP contribution in [0.1, 0.15) is 12.8 Å². The Hall–Kier alpha value is -2.76. The molecule has 0 spiro atoms. The zero-order valence-electron chi connectivity index (χ0n) is 15.8. The van der Waals surface area contributed by atoms with Crippen LogP contribution in [0.2, 0.25) is 0 Å². The SMILES string of the molecule is Cn1c(=O)n(C)c2cc(Nc3ccc(N4CCC(CF)CC4)cc3)ccc21. The molecule has 0 aliphatic carbocycles. The number of fused-ring (bicyclic) bond motifs is 1. The summed E-state index contributed by atoms with van der Waals surface area (Å²) in [5.74, 6) is 0.228. The number of piperidine rings is 1. The standard InChI is InChI=1S/C21H25FN4O/c1-24-19-8-5-17(13-20(19)25(2)21(24)27)23-16-3-6-18(7-4-16)26-11-9-15(14-22)10-12-26/h3-8,13,15,23H,9-12,14H2,1-2H3. The first kappa shape index (κ1) is 17.6. The van der Waals surface area contributed by atoms with E-state index in [0.717, 1.165) is 48.3 Å². The molecule has 0 bridgehead atoms. The van der Waals surface area contributed by atoms with Crippen LogP contribution < -0.4 is 15.9 Å². The van der Waals surface area contributed by atoms with Crippen molar-refractivity contribution in [1.29, 1.82) is 0 Å². The van der Waals surface area contributed by atoms with Crippen molar-refractivity contribution in [3.05, 3.63) is 52.9 Å². The normalized spacial score (nSPS) is 15.4. The molecule has 4 rings (SSSR count). The fraction of sp³-hybridized carbons (Fsp3) is 0.381. The highest BCUT2D eigenvalue weighted by Crippen LogP contribution is 2.26. The predicted octanol–water partition coefficient (Wildman–Crippen LogP) is 3.81. The number of imidazole rings is 1. The molecule has 1 aliphatic rings. The molecule has 1 aliphatic heterocycles. The number of aryl methyl sites for hydroxylation is 2. The Morgan fingerprint density at radius 3 is 2.26 bits per heavy atom. The highest BCUT2D eigenvalue weighted by molar-refractivity contribution is 5.81. The quantitative estimate of drug-likeness (QED) is 0.762. The Labute approximate surface area is 158 Å². The smallest absolute Gasteiger partial charge is 0.328 e. The molecule has 1 fully saturated rings. The summed E-state index contributed by atoms with van der Waals surface area (Å²) in [5.41, 5.74) is 4.92. The first-order valence-electron chi connectivity index (χ1n) is 9.40. The summed E-state index contributed by atoms with van der Waals surface area (Å²) >= 11 is 0. The van der Waals surface area contributed by atoms with Crippen molar-refractivity contribution in [2.45, 2.75) is 12.8 Å². The lowest BCUT2D eigenvalue weighted by atomic mass is 9.98. The summed E-state index contributed by atoms with van der Waals surface area (Å²) in [6.07, 6.45) is 1.85. The van der Waals surface area contributed by atoms with Gasteiger partial charge in [0.15, 0.2) is 0 Å². The van der Waals surface area contributed by atoms with Crippen LogP contribution >= 0.6 is 0 Å². The fourth-order valence-corrected chi connectivity index (χ4v) is 3.85. The van der Waals surface area contributed by atoms with Crippen molar-refractivity contribution in [3.63, 3.8) is 0 Å². The number of anilines is 3. The molecule has 1 aromatic heterocycles. The van der Waals surface area contributed by atoms with Gasteiger partial charge in [-0.3, -0.25) is 13.5 Å². The van der Waals surface area contributed by atoms with Gasteiger partial charge >= 0.3 is 5.69 Å². The highest BCUT2D eigenvalue weighted by Gasteiger charge is 2.19. The minimum Gasteiger partial charge on any atom is -0.372 e. The summed E-state index contributed by atoms with van der Waals surface area (Å²) in [6, 6.07) is 14.3. The third-order valence-electron chi connectivity index (χ3n) is 5.63. The number of alkyl halides is 1. The highest BCUT2D eigenvalue weighted by atomic mass is 19.1. The van der Waals surface area contributed by atoms with Crippen molar-refractivity contribution in [2.75, 3.05) is 30.0 Å². The second-order valence-corrected chi connectivity index (χ2v) is 7.36. The van der Waals surface area contributed by atoms with Crippen LogP contribution in [-0.2, 0) is 14.1 Å². The largest absolute Gasteiger partial charge is 0.372 e. The third-order valence-corrected chi connectivity index (χ3v) is 5.63. The van der Waals surface area contributed by atoms with E-state index in [4.69, 9.17) is 0 Å². The molecule has 0 saturated carbocycles. The molecule has 142 valence electrons. The maximum atomic E-state index is 12.8. The molecule has 3 aromatic rings. The Balaban J connectivity index is 1.49. The van der Waals surface area contributed by atoms with Gasteiger partial charge in [0.2, 0.25) is 0 Å². The molecule has 6 heteroatoms. The molecular weight excluding hydrogens is 343 g/mol. The van der Waals surface area contributed by atoms with Crippen LogP contribution in [0.3, 0.4) is 0 Å². The van der Waals surface area contributed by atoms with Crippen molar-refractivity contribution in [2.24, 2.45) is 20.0 Å². The van der Waals surface area contributed by atoms with Gasteiger partial charge in [0, 0.05) is 44.2 Å². The maximum Gasteiger partial charge on any atom is 0.328 e. The lowest BCUT2D eigenvalue weighted by molar-refractivity contribution is 0.307. The van der Waals surface area contributed by atoms with Crippen molar-refractivity contribution in [1.82, 2.24) is 9.13 Å². The van der Waals surface area contributed by atoms with Crippen LogP contribution in [0.4, 0.5) is 21.5 Å². The molecule has 0 amide bonds. The van der Waals surface area contributed by atoms with E-state index in [9.17, 15) is 9.18 Å². The first-order chi connectivity index (χ1) is 13.1. The van der Waals surface area contributed by atoms with Gasteiger partial charge in [-0.25, -0.2) is 4.79 Å². The topological polar surface area (TPSA) is 42.2 Å². The summed E-state index contributed by atoms with van der Waals surface area (Å²) in [7, 11) is 3.57. The number of hydrogen-bond donors (Lipinski definition) is 1. The van der Waals surface area contributed by atoms with Gasteiger partial charge in [-0.05, 0) is 61.2 Å². The van der Waals surface area contributed by atoms with E-state index in [-0.39, 0.29) is 18.3 Å². The minimum atomic E-state index is -0.200. The van der Waals surface area contributed by atoms with Crippen molar-refractivity contribution < 1.29 is 4.39 Å². The molecule has 2 aromatic carbocycles. The number of hydrogen-bond acceptors (Lipinski definition) is 3. The van der Waals surface area contributed by atoms with E-state index in [1.165, 1.54) is 5.69 Å². The molecule has 0 unspecified atom stereocenters. The molecule has 5 nitrogen and oxygen atoms in total. The molecule has 27 heavy (non-hydrogen) atoms. The second-order valence-electron chi connectivity index (χ2n) is 7.36. The van der Waals surface area contributed by atoms with E-state index in [1.54, 1.807) is 23.2 Å². The zero-order valence-corrected chi connectivity index (χ0v) is 15.8. The van der Waals surface area contributed by atoms with Crippen molar-refractivity contribution >= 4 is 28.1 Å². The average Bonchev–Trinajstić information content (AvgIpc) is 2.92. The summed E-state index contributed by atoms with van der Waals surface area (Å²) in [4.78, 5) is 14.4. The van der Waals surface area contributed by atoms with E-state index < -0.39 is 0 Å².